The number of aryl methyl sites for hydroxylation is 1. The fraction of sp³-hybridized carbons (Fsp3) is 0.462. The van der Waals surface area contributed by atoms with E-state index in [1.807, 2.05) is 47.0 Å². The van der Waals surface area contributed by atoms with Crippen molar-refractivity contribution in [1.29, 1.82) is 0 Å². The van der Waals surface area contributed by atoms with Gasteiger partial charge in [-0.05, 0) is 44.2 Å². The zero-order valence-corrected chi connectivity index (χ0v) is 21.0. The molecule has 1 aliphatic rings. The van der Waals surface area contributed by atoms with Gasteiger partial charge in [0.15, 0.2) is 0 Å². The average molecular weight is 492 g/mol. The Kier molecular flexibility index (Phi) is 6.88. The molecule has 1 aliphatic carbocycles. The van der Waals surface area contributed by atoms with Crippen molar-refractivity contribution in [1.82, 2.24) is 28.9 Å². The number of ether oxygens (including phenoxy) is 1. The Morgan fingerprint density at radius 2 is 2.00 bits per heavy atom. The van der Waals surface area contributed by atoms with E-state index in [0.29, 0.717) is 25.0 Å². The highest BCUT2D eigenvalue weighted by Gasteiger charge is 2.26. The number of aliphatic hydroxyl groups is 1. The lowest BCUT2D eigenvalue weighted by Crippen LogP contribution is -2.23. The predicted molar refractivity (Wildman–Crippen MR) is 137 cm³/mol. The van der Waals surface area contributed by atoms with Crippen LogP contribution in [0.15, 0.2) is 47.8 Å². The molecular weight excluding hydrogens is 458 g/mol. The second-order valence-electron chi connectivity index (χ2n) is 9.78. The van der Waals surface area contributed by atoms with Gasteiger partial charge in [0.05, 0.1) is 37.2 Å². The zero-order valence-electron chi connectivity index (χ0n) is 21.0. The maximum absolute atomic E-state index is 11.7. The molecule has 0 saturated heterocycles. The number of pyridine rings is 1. The summed E-state index contributed by atoms with van der Waals surface area (Å²) < 4.78 is 10.7. The van der Waals surface area contributed by atoms with Crippen molar-refractivity contribution in [2.45, 2.75) is 57.2 Å². The summed E-state index contributed by atoms with van der Waals surface area (Å²) in [7, 11) is 3.42. The second kappa shape index (κ2) is 10.2. The molecule has 190 valence electrons. The summed E-state index contributed by atoms with van der Waals surface area (Å²) in [6.07, 6.45) is 10.8. The van der Waals surface area contributed by atoms with Crippen LogP contribution in [0.25, 0.3) is 16.6 Å². The first kappa shape index (κ1) is 24.2. The molecule has 1 fully saturated rings. The highest BCUT2D eigenvalue weighted by molar-refractivity contribution is 5.81. The second-order valence-corrected chi connectivity index (χ2v) is 9.78. The molecule has 5 rings (SSSR count). The molecule has 0 unspecified atom stereocenters. The molecule has 1 atom stereocenters. The number of rotatable bonds is 8. The topological polar surface area (TPSA) is 112 Å². The van der Waals surface area contributed by atoms with E-state index in [2.05, 4.69) is 21.5 Å². The molecule has 1 saturated carbocycles. The summed E-state index contributed by atoms with van der Waals surface area (Å²) in [6.45, 7) is 3.15. The number of fused-ring (bicyclic) bond motifs is 1. The minimum absolute atomic E-state index is 0.0339. The van der Waals surface area contributed by atoms with Crippen molar-refractivity contribution in [2.75, 3.05) is 19.0 Å². The van der Waals surface area contributed by atoms with Gasteiger partial charge in [0.25, 0.3) is 0 Å². The number of anilines is 1. The van der Waals surface area contributed by atoms with E-state index in [-0.39, 0.29) is 17.7 Å². The van der Waals surface area contributed by atoms with Crippen molar-refractivity contribution >= 4 is 11.5 Å². The van der Waals surface area contributed by atoms with Gasteiger partial charge in [0, 0.05) is 61.4 Å². The molecule has 0 aromatic carbocycles. The molecule has 0 aliphatic heterocycles. The first-order valence-electron chi connectivity index (χ1n) is 12.4. The number of nitrogens with zero attached hydrogens (tertiary/aromatic N) is 6. The maximum atomic E-state index is 11.7. The van der Waals surface area contributed by atoms with Crippen LogP contribution >= 0.6 is 0 Å². The van der Waals surface area contributed by atoms with Crippen molar-refractivity contribution in [3.05, 3.63) is 64.6 Å². The Hall–Kier alpha value is -3.50. The van der Waals surface area contributed by atoms with Gasteiger partial charge < -0.3 is 19.7 Å². The summed E-state index contributed by atoms with van der Waals surface area (Å²) in [4.78, 5) is 16.3. The summed E-state index contributed by atoms with van der Waals surface area (Å²) >= 11 is 0. The van der Waals surface area contributed by atoms with Crippen LogP contribution in [-0.2, 0) is 18.3 Å². The van der Waals surface area contributed by atoms with Gasteiger partial charge in [0.2, 0.25) is 11.5 Å². The minimum atomic E-state index is -0.218. The highest BCUT2D eigenvalue weighted by atomic mass is 16.5. The third-order valence-corrected chi connectivity index (χ3v) is 6.89. The molecule has 0 spiro atoms. The van der Waals surface area contributed by atoms with Crippen LogP contribution < -0.4 is 10.9 Å². The van der Waals surface area contributed by atoms with Gasteiger partial charge >= 0.3 is 0 Å². The smallest absolute Gasteiger partial charge is 0.250 e. The SMILES string of the molecule is COC[C@H](C)Nc1ncc2c(-c3cnn(Cc4ccc(=O)n(C)c4)c3)cc(C3CCC(O)CC3)n2n1. The third kappa shape index (κ3) is 5.05. The number of hydrogen-bond donors (Lipinski definition) is 2. The van der Waals surface area contributed by atoms with Crippen LogP contribution in [0.5, 0.6) is 0 Å². The Balaban J connectivity index is 1.49. The van der Waals surface area contributed by atoms with Crippen LogP contribution in [0.3, 0.4) is 0 Å². The number of methoxy groups -OCH3 is 1. The standard InChI is InChI=1S/C26H33N7O3/c1-17(16-36-3)29-26-27-12-24-22(10-23(33(24)30-26)19-5-7-21(34)8-6-19)20-11-28-32(15-20)14-18-4-9-25(35)31(2)13-18/h4,9-13,15,17,19,21,34H,5-8,14,16H2,1-3H3,(H,29,30)/t17-,19?,21?/m0/s1. The Labute approximate surface area is 209 Å². The normalized spacial score (nSPS) is 19.0. The van der Waals surface area contributed by atoms with E-state index in [4.69, 9.17) is 9.84 Å². The fourth-order valence-corrected chi connectivity index (χ4v) is 5.01. The first-order valence-corrected chi connectivity index (χ1v) is 12.4. The largest absolute Gasteiger partial charge is 0.393 e. The molecule has 10 nitrogen and oxygen atoms in total. The molecule has 4 aromatic heterocycles. The van der Waals surface area contributed by atoms with Crippen molar-refractivity contribution in [2.24, 2.45) is 7.05 Å². The maximum Gasteiger partial charge on any atom is 0.250 e. The van der Waals surface area contributed by atoms with Crippen LogP contribution in [0.4, 0.5) is 5.95 Å². The summed E-state index contributed by atoms with van der Waals surface area (Å²) in [5.41, 5.74) is 5.02. The van der Waals surface area contributed by atoms with Crippen LogP contribution in [0.2, 0.25) is 0 Å². The van der Waals surface area contributed by atoms with Crippen molar-refractivity contribution < 1.29 is 9.84 Å². The van der Waals surface area contributed by atoms with Crippen LogP contribution in [0, 0.1) is 0 Å². The first-order chi connectivity index (χ1) is 17.4. The van der Waals surface area contributed by atoms with Gasteiger partial charge in [-0.25, -0.2) is 9.50 Å². The third-order valence-electron chi connectivity index (χ3n) is 6.89. The van der Waals surface area contributed by atoms with Crippen molar-refractivity contribution in [3.8, 4) is 11.1 Å². The van der Waals surface area contributed by atoms with Gasteiger partial charge in [-0.1, -0.05) is 6.07 Å². The minimum Gasteiger partial charge on any atom is -0.393 e. The van der Waals surface area contributed by atoms with Crippen LogP contribution in [0.1, 0.15) is 49.8 Å². The summed E-state index contributed by atoms with van der Waals surface area (Å²) in [6, 6.07) is 5.68. The van der Waals surface area contributed by atoms with Gasteiger partial charge in [0.1, 0.15) is 0 Å². The molecule has 0 bridgehead atoms. The molecule has 2 N–H and O–H groups in total. The monoisotopic (exact) mass is 491 g/mol. The van der Waals surface area contributed by atoms with E-state index in [1.165, 1.54) is 0 Å². The van der Waals surface area contributed by atoms with E-state index in [0.717, 1.165) is 53.6 Å². The zero-order chi connectivity index (χ0) is 25.2. The van der Waals surface area contributed by atoms with E-state index >= 15 is 0 Å². The molecule has 10 heteroatoms. The van der Waals surface area contributed by atoms with Crippen LogP contribution in [-0.4, -0.2) is 59.9 Å². The lowest BCUT2D eigenvalue weighted by Gasteiger charge is -2.25. The van der Waals surface area contributed by atoms with Gasteiger partial charge in [-0.3, -0.25) is 9.48 Å². The number of hydrogen-bond acceptors (Lipinski definition) is 7. The molecular formula is C26H33N7O3. The Morgan fingerprint density at radius 3 is 2.75 bits per heavy atom. The lowest BCUT2D eigenvalue weighted by atomic mass is 9.85. The number of aliphatic hydroxyl groups excluding tert-OH is 1. The lowest BCUT2D eigenvalue weighted by molar-refractivity contribution is 0.121. The quantitative estimate of drug-likeness (QED) is 0.390. The Bertz CT molecular complexity index is 1400. The van der Waals surface area contributed by atoms with E-state index < -0.39 is 0 Å². The molecule has 0 amide bonds. The highest BCUT2D eigenvalue weighted by Crippen LogP contribution is 2.37. The molecule has 4 aromatic rings. The van der Waals surface area contributed by atoms with Gasteiger partial charge in [-0.15, -0.1) is 5.10 Å². The predicted octanol–water partition coefficient (Wildman–Crippen LogP) is 2.81. The Morgan fingerprint density at radius 1 is 1.19 bits per heavy atom. The van der Waals surface area contributed by atoms with E-state index in [1.54, 1.807) is 24.8 Å². The van der Waals surface area contributed by atoms with E-state index in [9.17, 15) is 9.90 Å². The number of nitrogens with one attached hydrogen (secondary N) is 1. The molecule has 0 radical (unpaired) electrons. The average Bonchev–Trinajstić information content (AvgIpc) is 3.46. The summed E-state index contributed by atoms with van der Waals surface area (Å²) in [5, 5.41) is 22.8. The summed E-state index contributed by atoms with van der Waals surface area (Å²) in [5.74, 6) is 0.867. The molecule has 36 heavy (non-hydrogen) atoms. The van der Waals surface area contributed by atoms with Crippen molar-refractivity contribution in [3.63, 3.8) is 0 Å². The number of aromatic nitrogens is 6. The fourth-order valence-electron chi connectivity index (χ4n) is 5.01. The van der Waals surface area contributed by atoms with Gasteiger partial charge in [-0.2, -0.15) is 5.10 Å². The molecule has 4 heterocycles.